The fraction of sp³-hybridized carbons (Fsp3) is 0.483. The number of ether oxygens (including phenoxy) is 2. The molecule has 2 fully saturated rings. The Balaban J connectivity index is 1.12. The van der Waals surface area contributed by atoms with Gasteiger partial charge in [-0.3, -0.25) is 4.90 Å². The Labute approximate surface area is 223 Å². The Morgan fingerprint density at radius 3 is 2.79 bits per heavy atom. The SMILES string of the molecule is C[C@@]1(COc2ccc(CNCCCN3CCOCC3)c3ccccc23)CCCN1c1ccnc2ncnn12. The van der Waals surface area contributed by atoms with Crippen molar-refractivity contribution in [2.24, 2.45) is 0 Å². The lowest BCUT2D eigenvalue weighted by molar-refractivity contribution is 0.0374. The summed E-state index contributed by atoms with van der Waals surface area (Å²) in [4.78, 5) is 13.5. The Hall–Kier alpha value is -3.27. The third kappa shape index (κ3) is 5.18. The summed E-state index contributed by atoms with van der Waals surface area (Å²) in [5.41, 5.74) is 1.15. The smallest absolute Gasteiger partial charge is 0.254 e. The van der Waals surface area contributed by atoms with Crippen molar-refractivity contribution in [3.8, 4) is 5.75 Å². The zero-order chi connectivity index (χ0) is 25.8. The van der Waals surface area contributed by atoms with E-state index in [1.807, 2.05) is 16.8 Å². The van der Waals surface area contributed by atoms with Crippen LogP contribution in [0.1, 0.15) is 31.7 Å². The second-order valence-corrected chi connectivity index (χ2v) is 10.6. The van der Waals surface area contributed by atoms with Crippen molar-refractivity contribution in [1.82, 2.24) is 29.8 Å². The molecule has 2 aliphatic heterocycles. The van der Waals surface area contributed by atoms with Gasteiger partial charge in [-0.1, -0.05) is 30.3 Å². The molecule has 2 saturated heterocycles. The van der Waals surface area contributed by atoms with Crippen LogP contribution in [0.4, 0.5) is 5.82 Å². The van der Waals surface area contributed by atoms with Gasteiger partial charge in [-0.05, 0) is 62.4 Å². The predicted octanol–water partition coefficient (Wildman–Crippen LogP) is 3.53. The first-order valence-corrected chi connectivity index (χ1v) is 13.8. The molecule has 0 spiro atoms. The van der Waals surface area contributed by atoms with Crippen LogP contribution in [0.3, 0.4) is 0 Å². The van der Waals surface area contributed by atoms with E-state index in [9.17, 15) is 0 Å². The second-order valence-electron chi connectivity index (χ2n) is 10.6. The topological polar surface area (TPSA) is 80.1 Å². The average molecular weight is 516 g/mol. The van der Waals surface area contributed by atoms with E-state index in [0.29, 0.717) is 12.4 Å². The van der Waals surface area contributed by atoms with Crippen LogP contribution in [0.5, 0.6) is 5.75 Å². The molecule has 1 atom stereocenters. The van der Waals surface area contributed by atoms with Gasteiger partial charge in [-0.15, -0.1) is 0 Å². The van der Waals surface area contributed by atoms with Crippen LogP contribution in [0.15, 0.2) is 55.0 Å². The molecule has 0 aliphatic carbocycles. The van der Waals surface area contributed by atoms with Gasteiger partial charge in [0.05, 0.1) is 18.8 Å². The van der Waals surface area contributed by atoms with Crippen LogP contribution >= 0.6 is 0 Å². The number of aromatic nitrogens is 4. The molecular formula is C29H37N7O2. The zero-order valence-electron chi connectivity index (χ0n) is 22.2. The van der Waals surface area contributed by atoms with Crippen LogP contribution in [0.25, 0.3) is 16.6 Å². The molecule has 6 rings (SSSR count). The summed E-state index contributed by atoms with van der Waals surface area (Å²) in [6.07, 6.45) is 6.67. The van der Waals surface area contributed by atoms with Crippen molar-refractivity contribution in [2.45, 2.75) is 38.3 Å². The van der Waals surface area contributed by atoms with Crippen molar-refractivity contribution in [2.75, 3.05) is 57.4 Å². The van der Waals surface area contributed by atoms with Crippen molar-refractivity contribution >= 4 is 22.4 Å². The quantitative estimate of drug-likeness (QED) is 0.322. The molecule has 4 heterocycles. The van der Waals surface area contributed by atoms with Gasteiger partial charge in [-0.25, -0.2) is 4.98 Å². The van der Waals surface area contributed by atoms with E-state index < -0.39 is 0 Å². The van der Waals surface area contributed by atoms with Crippen LogP contribution in [-0.2, 0) is 11.3 Å². The fourth-order valence-corrected chi connectivity index (χ4v) is 5.82. The Morgan fingerprint density at radius 1 is 1.03 bits per heavy atom. The Bertz CT molecular complexity index is 1370. The molecule has 0 amide bonds. The van der Waals surface area contributed by atoms with E-state index in [0.717, 1.165) is 88.7 Å². The Morgan fingerprint density at radius 2 is 1.89 bits per heavy atom. The summed E-state index contributed by atoms with van der Waals surface area (Å²) in [6.45, 7) is 10.6. The maximum absolute atomic E-state index is 6.58. The molecule has 9 nitrogen and oxygen atoms in total. The lowest BCUT2D eigenvalue weighted by atomic mass is 9.99. The lowest BCUT2D eigenvalue weighted by Crippen LogP contribution is -2.47. The molecule has 2 aliphatic rings. The highest BCUT2D eigenvalue weighted by atomic mass is 16.5. The summed E-state index contributed by atoms with van der Waals surface area (Å²) < 4.78 is 13.8. The highest BCUT2D eigenvalue weighted by Gasteiger charge is 2.39. The number of anilines is 1. The minimum Gasteiger partial charge on any atom is -0.491 e. The molecule has 200 valence electrons. The van der Waals surface area contributed by atoms with Crippen molar-refractivity contribution < 1.29 is 9.47 Å². The molecular weight excluding hydrogens is 478 g/mol. The largest absolute Gasteiger partial charge is 0.491 e. The molecule has 9 heteroatoms. The van der Waals surface area contributed by atoms with Gasteiger partial charge in [0, 0.05) is 37.8 Å². The van der Waals surface area contributed by atoms with Gasteiger partial charge in [-0.2, -0.15) is 14.6 Å². The standard InChI is InChI=1S/C29H37N7O2/c1-29(11-4-15-35(29)27-10-13-31-28-32-22-33-36(27)28)21-38-26-9-8-23(24-6-2-3-7-25(24)26)20-30-12-5-14-34-16-18-37-19-17-34/h2-3,6-10,13,22,30H,4-5,11-12,14-21H2,1H3/t29-/m0/s1. The molecule has 2 aromatic heterocycles. The van der Waals surface area contributed by atoms with Gasteiger partial charge in [0.1, 0.15) is 24.5 Å². The number of hydrogen-bond acceptors (Lipinski definition) is 8. The molecule has 4 aromatic rings. The van der Waals surface area contributed by atoms with Gasteiger partial charge in [0.2, 0.25) is 0 Å². The number of fused-ring (bicyclic) bond motifs is 2. The number of morpholine rings is 1. The van der Waals surface area contributed by atoms with Gasteiger partial charge >= 0.3 is 0 Å². The number of rotatable bonds is 10. The minimum atomic E-state index is -0.151. The summed E-state index contributed by atoms with van der Waals surface area (Å²) in [5.74, 6) is 2.57. The molecule has 1 N–H and O–H groups in total. The predicted molar refractivity (Wildman–Crippen MR) is 149 cm³/mol. The first-order valence-electron chi connectivity index (χ1n) is 13.8. The fourth-order valence-electron chi connectivity index (χ4n) is 5.82. The number of nitrogens with one attached hydrogen (secondary N) is 1. The highest BCUT2D eigenvalue weighted by Crippen LogP contribution is 2.36. The van der Waals surface area contributed by atoms with E-state index in [1.165, 1.54) is 10.9 Å². The first-order chi connectivity index (χ1) is 18.7. The van der Waals surface area contributed by atoms with Crippen molar-refractivity contribution in [3.63, 3.8) is 0 Å². The van der Waals surface area contributed by atoms with Crippen LogP contribution in [0.2, 0.25) is 0 Å². The van der Waals surface area contributed by atoms with Crippen LogP contribution in [-0.4, -0.2) is 82.6 Å². The Kier molecular flexibility index (Phi) is 7.40. The lowest BCUT2D eigenvalue weighted by Gasteiger charge is -2.36. The van der Waals surface area contributed by atoms with Gasteiger partial charge < -0.3 is 19.7 Å². The number of hydrogen-bond donors (Lipinski definition) is 1. The maximum Gasteiger partial charge on any atom is 0.254 e. The van der Waals surface area contributed by atoms with Crippen molar-refractivity contribution in [3.05, 3.63) is 60.6 Å². The molecule has 0 unspecified atom stereocenters. The zero-order valence-corrected chi connectivity index (χ0v) is 22.2. The van der Waals surface area contributed by atoms with Gasteiger partial charge in [0.25, 0.3) is 5.78 Å². The first kappa shape index (κ1) is 25.0. The van der Waals surface area contributed by atoms with Gasteiger partial charge in [0.15, 0.2) is 0 Å². The van der Waals surface area contributed by atoms with Crippen LogP contribution < -0.4 is 15.0 Å². The molecule has 0 radical (unpaired) electrons. The second kappa shape index (κ2) is 11.2. The van der Waals surface area contributed by atoms with Crippen LogP contribution in [0, 0.1) is 0 Å². The van der Waals surface area contributed by atoms with Crippen molar-refractivity contribution in [1.29, 1.82) is 0 Å². The third-order valence-corrected chi connectivity index (χ3v) is 7.95. The van der Waals surface area contributed by atoms with E-state index in [4.69, 9.17) is 9.47 Å². The van der Waals surface area contributed by atoms with E-state index in [2.05, 4.69) is 73.5 Å². The molecule has 0 bridgehead atoms. The summed E-state index contributed by atoms with van der Waals surface area (Å²) in [5, 5.41) is 10.5. The molecule has 0 saturated carbocycles. The summed E-state index contributed by atoms with van der Waals surface area (Å²) >= 11 is 0. The minimum absolute atomic E-state index is 0.151. The van der Waals surface area contributed by atoms with E-state index in [-0.39, 0.29) is 5.54 Å². The molecule has 38 heavy (non-hydrogen) atoms. The van der Waals surface area contributed by atoms with E-state index in [1.54, 1.807) is 6.33 Å². The number of benzene rings is 2. The maximum atomic E-state index is 6.58. The highest BCUT2D eigenvalue weighted by molar-refractivity contribution is 5.91. The average Bonchev–Trinajstić information content (AvgIpc) is 3.59. The monoisotopic (exact) mass is 515 g/mol. The van der Waals surface area contributed by atoms with E-state index >= 15 is 0 Å². The summed E-state index contributed by atoms with van der Waals surface area (Å²) in [7, 11) is 0. The molecule has 2 aromatic carbocycles. The summed E-state index contributed by atoms with van der Waals surface area (Å²) in [6, 6.07) is 14.9. The third-order valence-electron chi connectivity index (χ3n) is 7.95. The number of nitrogens with zero attached hydrogens (tertiary/aromatic N) is 6. The normalized spacial score (nSPS) is 20.5.